The molecule has 2 aromatic rings. The van der Waals surface area contributed by atoms with Gasteiger partial charge in [-0.2, -0.15) is 4.31 Å². The third kappa shape index (κ3) is 4.27. The van der Waals surface area contributed by atoms with Crippen LogP contribution in [0.4, 0.5) is 5.69 Å². The second kappa shape index (κ2) is 9.01. The quantitative estimate of drug-likeness (QED) is 0.686. The van der Waals surface area contributed by atoms with Gasteiger partial charge in [0.2, 0.25) is 21.8 Å². The molecule has 3 rings (SSSR count). The van der Waals surface area contributed by atoms with Crippen molar-refractivity contribution in [3.05, 3.63) is 47.9 Å². The summed E-state index contributed by atoms with van der Waals surface area (Å²) in [5, 5.41) is 2.84. The molecule has 0 saturated heterocycles. The number of hydrogen-bond acceptors (Lipinski definition) is 5. The number of benzene rings is 1. The molecule has 30 heavy (non-hydrogen) atoms. The Morgan fingerprint density at radius 1 is 1.23 bits per heavy atom. The highest BCUT2D eigenvalue weighted by Gasteiger charge is 2.37. The molecule has 1 atom stereocenters. The maximum absolute atomic E-state index is 12.8. The zero-order valence-electron chi connectivity index (χ0n) is 17.4. The third-order valence-electron chi connectivity index (χ3n) is 5.27. The number of nitrogens with one attached hydrogen (secondary N) is 1. The monoisotopic (exact) mass is 433 g/mol. The van der Waals surface area contributed by atoms with E-state index >= 15 is 0 Å². The van der Waals surface area contributed by atoms with Gasteiger partial charge in [-0.3, -0.25) is 14.5 Å². The van der Waals surface area contributed by atoms with E-state index in [1.807, 2.05) is 6.07 Å². The van der Waals surface area contributed by atoms with Crippen molar-refractivity contribution in [2.75, 3.05) is 24.5 Å². The van der Waals surface area contributed by atoms with Crippen LogP contribution >= 0.6 is 0 Å². The number of nitrogens with zero attached hydrogens (tertiary/aromatic N) is 2. The fraction of sp³-hybridized carbons (Fsp3) is 0.429. The summed E-state index contributed by atoms with van der Waals surface area (Å²) in [4.78, 5) is 26.7. The van der Waals surface area contributed by atoms with E-state index in [0.29, 0.717) is 37.3 Å². The Morgan fingerprint density at radius 3 is 2.57 bits per heavy atom. The zero-order chi connectivity index (χ0) is 21.9. The Balaban J connectivity index is 1.80. The number of carbonyl (C=O) groups excluding carboxylic acids is 2. The topological polar surface area (TPSA) is 99.9 Å². The van der Waals surface area contributed by atoms with Gasteiger partial charge < -0.3 is 9.73 Å². The van der Waals surface area contributed by atoms with Gasteiger partial charge in [-0.05, 0) is 35.9 Å². The van der Waals surface area contributed by atoms with Crippen LogP contribution in [0.25, 0.3) is 0 Å². The highest BCUT2D eigenvalue weighted by atomic mass is 32.2. The molecule has 8 nitrogen and oxygen atoms in total. The lowest BCUT2D eigenvalue weighted by atomic mass is 10.1. The van der Waals surface area contributed by atoms with Gasteiger partial charge in [0.15, 0.2) is 0 Å². The van der Waals surface area contributed by atoms with Gasteiger partial charge in [0.1, 0.15) is 11.8 Å². The van der Waals surface area contributed by atoms with Crippen LogP contribution in [0.15, 0.2) is 45.9 Å². The Kier molecular flexibility index (Phi) is 6.62. The van der Waals surface area contributed by atoms with Crippen LogP contribution in [0.2, 0.25) is 0 Å². The van der Waals surface area contributed by atoms with E-state index in [1.165, 1.54) is 22.2 Å². The molecule has 1 aromatic heterocycles. The Hall–Kier alpha value is -2.65. The molecule has 0 aliphatic carbocycles. The van der Waals surface area contributed by atoms with Gasteiger partial charge >= 0.3 is 0 Å². The van der Waals surface area contributed by atoms with E-state index in [4.69, 9.17) is 4.42 Å². The van der Waals surface area contributed by atoms with E-state index in [-0.39, 0.29) is 23.1 Å². The minimum atomic E-state index is -3.62. The first-order valence-electron chi connectivity index (χ1n) is 10.0. The molecule has 162 valence electrons. The molecule has 1 aromatic carbocycles. The summed E-state index contributed by atoms with van der Waals surface area (Å²) in [5.41, 5.74) is 1.25. The van der Waals surface area contributed by atoms with Gasteiger partial charge in [-0.15, -0.1) is 0 Å². The van der Waals surface area contributed by atoms with Crippen LogP contribution in [0.5, 0.6) is 0 Å². The second-order valence-electron chi connectivity index (χ2n) is 7.11. The Morgan fingerprint density at radius 2 is 1.97 bits per heavy atom. The van der Waals surface area contributed by atoms with Gasteiger partial charge in [0.25, 0.3) is 0 Å². The molecule has 0 radical (unpaired) electrons. The minimum Gasteiger partial charge on any atom is -0.469 e. The molecule has 2 heterocycles. The van der Waals surface area contributed by atoms with E-state index in [0.717, 1.165) is 5.76 Å². The number of amides is 2. The molecule has 0 fully saturated rings. The lowest BCUT2D eigenvalue weighted by molar-refractivity contribution is -0.125. The first-order valence-corrected chi connectivity index (χ1v) is 11.5. The van der Waals surface area contributed by atoms with Gasteiger partial charge in [-0.25, -0.2) is 8.42 Å². The highest BCUT2D eigenvalue weighted by Crippen LogP contribution is 2.34. The number of fused-ring (bicyclic) bond motifs is 1. The summed E-state index contributed by atoms with van der Waals surface area (Å²) in [6.07, 6.45) is 2.39. The molecule has 0 spiro atoms. The lowest BCUT2D eigenvalue weighted by Gasteiger charge is -2.23. The predicted molar refractivity (Wildman–Crippen MR) is 113 cm³/mol. The summed E-state index contributed by atoms with van der Waals surface area (Å²) in [5.74, 6) is 0.222. The van der Waals surface area contributed by atoms with Crippen LogP contribution < -0.4 is 10.2 Å². The number of anilines is 1. The summed E-state index contributed by atoms with van der Waals surface area (Å²) in [6, 6.07) is 7.60. The smallest absolute Gasteiger partial charge is 0.243 e. The molecule has 1 aliphatic rings. The fourth-order valence-electron chi connectivity index (χ4n) is 3.78. The first-order chi connectivity index (χ1) is 14.3. The predicted octanol–water partition coefficient (Wildman–Crippen LogP) is 1.95. The molecule has 1 N–H and O–H groups in total. The van der Waals surface area contributed by atoms with E-state index in [2.05, 4.69) is 5.32 Å². The first kappa shape index (κ1) is 22.0. The second-order valence-corrected chi connectivity index (χ2v) is 9.05. The number of hydrogen-bond donors (Lipinski definition) is 1. The van der Waals surface area contributed by atoms with Crippen LogP contribution in [0.3, 0.4) is 0 Å². The highest BCUT2D eigenvalue weighted by molar-refractivity contribution is 7.89. The van der Waals surface area contributed by atoms with Crippen molar-refractivity contribution in [3.63, 3.8) is 0 Å². The number of carbonyl (C=O) groups is 2. The normalized spacial score (nSPS) is 16.0. The fourth-order valence-corrected chi connectivity index (χ4v) is 5.29. The van der Waals surface area contributed by atoms with Crippen molar-refractivity contribution in [1.82, 2.24) is 9.62 Å². The van der Waals surface area contributed by atoms with Crippen LogP contribution in [-0.2, 0) is 32.5 Å². The Labute approximate surface area is 176 Å². The average Bonchev–Trinajstić information content (AvgIpc) is 3.35. The molecule has 0 saturated carbocycles. The third-order valence-corrected chi connectivity index (χ3v) is 7.32. The van der Waals surface area contributed by atoms with Crippen molar-refractivity contribution in [2.45, 2.75) is 44.6 Å². The van der Waals surface area contributed by atoms with E-state index in [1.54, 1.807) is 38.3 Å². The van der Waals surface area contributed by atoms with Crippen LogP contribution in [0, 0.1) is 0 Å². The lowest BCUT2D eigenvalue weighted by Crippen LogP contribution is -2.47. The molecular formula is C21H27N3O5S. The number of rotatable bonds is 8. The minimum absolute atomic E-state index is 0.173. The van der Waals surface area contributed by atoms with E-state index in [9.17, 15) is 18.0 Å². The zero-order valence-corrected chi connectivity index (χ0v) is 18.2. The largest absolute Gasteiger partial charge is 0.469 e. The van der Waals surface area contributed by atoms with Crippen LogP contribution in [0.1, 0.15) is 32.1 Å². The van der Waals surface area contributed by atoms with Gasteiger partial charge in [-0.1, -0.05) is 13.8 Å². The van der Waals surface area contributed by atoms with Crippen molar-refractivity contribution in [1.29, 1.82) is 0 Å². The molecule has 0 bridgehead atoms. The molecule has 2 amide bonds. The average molecular weight is 434 g/mol. The molecule has 1 aliphatic heterocycles. The number of furan rings is 1. The Bertz CT molecular complexity index is 1010. The maximum atomic E-state index is 12.8. The van der Waals surface area contributed by atoms with Gasteiger partial charge in [0.05, 0.1) is 11.2 Å². The summed E-state index contributed by atoms with van der Waals surface area (Å²) >= 11 is 0. The van der Waals surface area contributed by atoms with Crippen molar-refractivity contribution >= 4 is 27.5 Å². The van der Waals surface area contributed by atoms with Crippen molar-refractivity contribution in [2.24, 2.45) is 0 Å². The number of sulfonamides is 1. The summed E-state index contributed by atoms with van der Waals surface area (Å²) in [7, 11) is -3.62. The van der Waals surface area contributed by atoms with Crippen LogP contribution in [-0.4, -0.2) is 50.2 Å². The van der Waals surface area contributed by atoms with Crippen molar-refractivity contribution < 1.29 is 22.4 Å². The standard InChI is InChI=1S/C21H27N3O5S/c1-4-23(5-2)30(27,28)18-8-9-19-16(13-18)14-20(24(19)15(3)25)21(26)22-11-10-17-7-6-12-29-17/h6-9,12-13,20H,4-5,10-11,14H2,1-3H3,(H,22,26). The SMILES string of the molecule is CCN(CC)S(=O)(=O)c1ccc2c(c1)CC(C(=O)NCCc1ccco1)N2C(C)=O. The maximum Gasteiger partial charge on any atom is 0.243 e. The summed E-state index contributed by atoms with van der Waals surface area (Å²) in [6.45, 7) is 6.10. The van der Waals surface area contributed by atoms with E-state index < -0.39 is 16.1 Å². The summed E-state index contributed by atoms with van der Waals surface area (Å²) < 4.78 is 32.3. The molecular weight excluding hydrogens is 406 g/mol. The van der Waals surface area contributed by atoms with Crippen molar-refractivity contribution in [3.8, 4) is 0 Å². The molecule has 1 unspecified atom stereocenters. The van der Waals surface area contributed by atoms with Gasteiger partial charge in [0, 0.05) is 45.1 Å². The molecule has 9 heteroatoms.